The van der Waals surface area contributed by atoms with Gasteiger partial charge in [-0.1, -0.05) is 6.07 Å². The Kier molecular flexibility index (Phi) is 3.97. The molecule has 0 spiro atoms. The Hall–Kier alpha value is -2.44. The Bertz CT molecular complexity index is 570. The highest BCUT2D eigenvalue weighted by Gasteiger charge is 2.26. The molecule has 20 heavy (non-hydrogen) atoms. The number of carbonyl (C=O) groups is 3. The molecule has 0 radical (unpaired) electrons. The standard InChI is InChI=1S/C13H14FN3O3/c1-7-2-3-8(14)6-10(7)11(18)16-17-13(20)12(19)15-9-4-5-9/h2-3,6,9H,4-5H2,1H3,(H,15,19)(H,16,18)(H,17,20). The molecule has 1 fully saturated rings. The first-order valence-corrected chi connectivity index (χ1v) is 6.14. The lowest BCUT2D eigenvalue weighted by atomic mass is 10.1. The molecule has 3 N–H and O–H groups in total. The van der Waals surface area contributed by atoms with Gasteiger partial charge in [0.2, 0.25) is 0 Å². The SMILES string of the molecule is Cc1ccc(F)cc1C(=O)NNC(=O)C(=O)NC1CC1. The van der Waals surface area contributed by atoms with Crippen LogP contribution in [0.4, 0.5) is 4.39 Å². The van der Waals surface area contributed by atoms with Crippen LogP contribution < -0.4 is 16.2 Å². The third kappa shape index (κ3) is 3.53. The van der Waals surface area contributed by atoms with Crippen LogP contribution in [0.5, 0.6) is 0 Å². The van der Waals surface area contributed by atoms with Crippen LogP contribution in [-0.2, 0) is 9.59 Å². The summed E-state index contributed by atoms with van der Waals surface area (Å²) >= 11 is 0. The summed E-state index contributed by atoms with van der Waals surface area (Å²) in [6.45, 7) is 1.63. The first kappa shape index (κ1) is 14.0. The molecule has 0 atom stereocenters. The van der Waals surface area contributed by atoms with Gasteiger partial charge in [-0.25, -0.2) is 4.39 Å². The van der Waals surface area contributed by atoms with Gasteiger partial charge in [0, 0.05) is 11.6 Å². The fourth-order valence-electron chi connectivity index (χ4n) is 1.56. The molecule has 1 aromatic rings. The minimum atomic E-state index is -0.959. The van der Waals surface area contributed by atoms with Gasteiger partial charge in [0.15, 0.2) is 0 Å². The third-order valence-corrected chi connectivity index (χ3v) is 2.85. The Morgan fingerprint density at radius 2 is 1.85 bits per heavy atom. The van der Waals surface area contributed by atoms with Crippen LogP contribution in [0, 0.1) is 12.7 Å². The van der Waals surface area contributed by atoms with E-state index in [1.54, 1.807) is 6.92 Å². The number of hydrazine groups is 1. The van der Waals surface area contributed by atoms with Gasteiger partial charge >= 0.3 is 11.8 Å². The zero-order valence-corrected chi connectivity index (χ0v) is 10.8. The van der Waals surface area contributed by atoms with Crippen LogP contribution in [0.2, 0.25) is 0 Å². The topological polar surface area (TPSA) is 87.3 Å². The van der Waals surface area contributed by atoms with E-state index >= 15 is 0 Å². The van der Waals surface area contributed by atoms with Crippen molar-refractivity contribution in [2.75, 3.05) is 0 Å². The van der Waals surface area contributed by atoms with Crippen molar-refractivity contribution in [3.63, 3.8) is 0 Å². The summed E-state index contributed by atoms with van der Waals surface area (Å²) in [6, 6.07) is 3.79. The van der Waals surface area contributed by atoms with Crippen LogP contribution >= 0.6 is 0 Å². The highest BCUT2D eigenvalue weighted by atomic mass is 19.1. The number of carbonyl (C=O) groups excluding carboxylic acids is 3. The normalized spacial score (nSPS) is 13.5. The van der Waals surface area contributed by atoms with Crippen molar-refractivity contribution in [1.82, 2.24) is 16.2 Å². The summed E-state index contributed by atoms with van der Waals surface area (Å²) in [6.07, 6.45) is 1.71. The molecule has 1 aliphatic carbocycles. The highest BCUT2D eigenvalue weighted by Crippen LogP contribution is 2.18. The molecular formula is C13H14FN3O3. The van der Waals surface area contributed by atoms with E-state index in [0.29, 0.717) is 5.56 Å². The van der Waals surface area contributed by atoms with Crippen molar-refractivity contribution in [3.05, 3.63) is 35.1 Å². The smallest absolute Gasteiger partial charge is 0.327 e. The quantitative estimate of drug-likeness (QED) is 0.533. The molecular weight excluding hydrogens is 265 g/mol. The number of benzene rings is 1. The lowest BCUT2D eigenvalue weighted by Crippen LogP contribution is -2.49. The van der Waals surface area contributed by atoms with E-state index in [1.807, 2.05) is 5.43 Å². The lowest BCUT2D eigenvalue weighted by molar-refractivity contribution is -0.139. The highest BCUT2D eigenvalue weighted by molar-refractivity contribution is 6.35. The Labute approximate surface area is 114 Å². The maximum Gasteiger partial charge on any atom is 0.327 e. The zero-order chi connectivity index (χ0) is 14.7. The van der Waals surface area contributed by atoms with Crippen molar-refractivity contribution >= 4 is 17.7 Å². The summed E-state index contributed by atoms with van der Waals surface area (Å²) in [7, 11) is 0. The molecule has 0 saturated heterocycles. The van der Waals surface area contributed by atoms with Gasteiger partial charge < -0.3 is 5.32 Å². The molecule has 0 heterocycles. The van der Waals surface area contributed by atoms with E-state index in [-0.39, 0.29) is 11.6 Å². The number of halogens is 1. The number of amides is 3. The van der Waals surface area contributed by atoms with E-state index in [9.17, 15) is 18.8 Å². The van der Waals surface area contributed by atoms with Gasteiger partial charge in [-0.05, 0) is 37.5 Å². The summed E-state index contributed by atoms with van der Waals surface area (Å²) in [5.74, 6) is -3.00. The molecule has 1 aliphatic rings. The Morgan fingerprint density at radius 3 is 2.50 bits per heavy atom. The van der Waals surface area contributed by atoms with Crippen molar-refractivity contribution < 1.29 is 18.8 Å². The molecule has 6 nitrogen and oxygen atoms in total. The minimum absolute atomic E-state index is 0.0504. The van der Waals surface area contributed by atoms with Crippen LogP contribution in [0.15, 0.2) is 18.2 Å². The van der Waals surface area contributed by atoms with Crippen molar-refractivity contribution in [3.8, 4) is 0 Å². The maximum absolute atomic E-state index is 13.1. The van der Waals surface area contributed by atoms with Gasteiger partial charge in [-0.2, -0.15) is 0 Å². The minimum Gasteiger partial charge on any atom is -0.345 e. The number of hydrogen-bond donors (Lipinski definition) is 3. The van der Waals surface area contributed by atoms with Crippen LogP contribution in [-0.4, -0.2) is 23.8 Å². The molecule has 2 rings (SSSR count). The van der Waals surface area contributed by atoms with Gasteiger partial charge in [0.05, 0.1) is 0 Å². The molecule has 1 aromatic carbocycles. The molecule has 0 aromatic heterocycles. The molecule has 1 saturated carbocycles. The van der Waals surface area contributed by atoms with Crippen molar-refractivity contribution in [2.45, 2.75) is 25.8 Å². The number of nitrogens with one attached hydrogen (secondary N) is 3. The van der Waals surface area contributed by atoms with Gasteiger partial charge in [-0.15, -0.1) is 0 Å². The van der Waals surface area contributed by atoms with E-state index in [0.717, 1.165) is 18.9 Å². The van der Waals surface area contributed by atoms with Gasteiger partial charge in [0.1, 0.15) is 5.82 Å². The Morgan fingerprint density at radius 1 is 1.15 bits per heavy atom. The van der Waals surface area contributed by atoms with Crippen LogP contribution in [0.1, 0.15) is 28.8 Å². The zero-order valence-electron chi connectivity index (χ0n) is 10.8. The molecule has 0 aliphatic heterocycles. The average Bonchev–Trinajstić information content (AvgIpc) is 3.22. The molecule has 0 bridgehead atoms. The summed E-state index contributed by atoms with van der Waals surface area (Å²) in [4.78, 5) is 34.5. The molecule has 7 heteroatoms. The fourth-order valence-corrected chi connectivity index (χ4v) is 1.56. The summed E-state index contributed by atoms with van der Waals surface area (Å²) in [5, 5.41) is 2.48. The molecule has 0 unspecified atom stereocenters. The predicted molar refractivity (Wildman–Crippen MR) is 67.9 cm³/mol. The second-order valence-electron chi connectivity index (χ2n) is 4.62. The van der Waals surface area contributed by atoms with Gasteiger partial charge in [-0.3, -0.25) is 25.2 Å². The van der Waals surface area contributed by atoms with E-state index in [2.05, 4.69) is 10.7 Å². The summed E-state index contributed by atoms with van der Waals surface area (Å²) in [5.41, 5.74) is 4.71. The van der Waals surface area contributed by atoms with E-state index in [4.69, 9.17) is 0 Å². The Balaban J connectivity index is 1.89. The second-order valence-corrected chi connectivity index (χ2v) is 4.62. The lowest BCUT2D eigenvalue weighted by Gasteiger charge is -2.09. The second kappa shape index (κ2) is 5.68. The van der Waals surface area contributed by atoms with E-state index < -0.39 is 23.5 Å². The first-order valence-electron chi connectivity index (χ1n) is 6.14. The van der Waals surface area contributed by atoms with Crippen LogP contribution in [0.25, 0.3) is 0 Å². The number of rotatable bonds is 2. The van der Waals surface area contributed by atoms with Gasteiger partial charge in [0.25, 0.3) is 5.91 Å². The van der Waals surface area contributed by atoms with Crippen molar-refractivity contribution in [1.29, 1.82) is 0 Å². The predicted octanol–water partition coefficient (Wildman–Crippen LogP) is 0.174. The van der Waals surface area contributed by atoms with Crippen molar-refractivity contribution in [2.24, 2.45) is 0 Å². The first-order chi connectivity index (χ1) is 9.47. The summed E-state index contributed by atoms with van der Waals surface area (Å²) < 4.78 is 13.1. The molecule has 3 amide bonds. The van der Waals surface area contributed by atoms with Crippen LogP contribution in [0.3, 0.4) is 0 Å². The fraction of sp³-hybridized carbons (Fsp3) is 0.308. The third-order valence-electron chi connectivity index (χ3n) is 2.85. The number of hydrogen-bond acceptors (Lipinski definition) is 3. The van der Waals surface area contributed by atoms with E-state index in [1.165, 1.54) is 12.1 Å². The number of aryl methyl sites for hydroxylation is 1. The maximum atomic E-state index is 13.1. The average molecular weight is 279 g/mol. The largest absolute Gasteiger partial charge is 0.345 e. The monoisotopic (exact) mass is 279 g/mol. The molecule has 106 valence electrons.